The Morgan fingerprint density at radius 3 is 2.63 bits per heavy atom. The maximum Gasteiger partial charge on any atom is 0.255 e. The van der Waals surface area contributed by atoms with Crippen molar-refractivity contribution in [2.45, 2.75) is 18.4 Å². The van der Waals surface area contributed by atoms with E-state index in [1.165, 1.54) is 23.9 Å². The van der Waals surface area contributed by atoms with Gasteiger partial charge in [-0.1, -0.05) is 29.8 Å². The molecule has 0 aliphatic carbocycles. The van der Waals surface area contributed by atoms with Crippen LogP contribution in [-0.4, -0.2) is 17.6 Å². The molecule has 1 N–H and O–H groups in total. The van der Waals surface area contributed by atoms with Gasteiger partial charge in [-0.3, -0.25) is 9.59 Å². The van der Waals surface area contributed by atoms with E-state index in [-0.39, 0.29) is 17.6 Å². The fourth-order valence-electron chi connectivity index (χ4n) is 3.16. The van der Waals surface area contributed by atoms with Gasteiger partial charge in [-0.05, 0) is 60.5 Å². The van der Waals surface area contributed by atoms with Crippen LogP contribution < -0.4 is 10.2 Å². The number of hydrogen-bond donors (Lipinski definition) is 1. The molecule has 0 saturated heterocycles. The third-order valence-electron chi connectivity index (χ3n) is 4.85. The minimum Gasteiger partial charge on any atom is -0.322 e. The second-order valence-electron chi connectivity index (χ2n) is 7.00. The van der Waals surface area contributed by atoms with Crippen LogP contribution in [-0.2, 0) is 11.3 Å². The molecule has 3 aromatic rings. The Hall–Kier alpha value is -2.83. The van der Waals surface area contributed by atoms with Gasteiger partial charge in [-0.15, -0.1) is 11.8 Å². The number of nitrogens with zero attached hydrogens (tertiary/aromatic N) is 1. The van der Waals surface area contributed by atoms with Gasteiger partial charge in [-0.25, -0.2) is 4.39 Å². The number of benzene rings is 3. The first-order valence-corrected chi connectivity index (χ1v) is 10.7. The van der Waals surface area contributed by atoms with Gasteiger partial charge in [0.1, 0.15) is 5.82 Å². The number of amides is 2. The Kier molecular flexibility index (Phi) is 5.79. The largest absolute Gasteiger partial charge is 0.322 e. The highest BCUT2D eigenvalue weighted by molar-refractivity contribution is 8.00. The summed E-state index contributed by atoms with van der Waals surface area (Å²) in [6.45, 7) is 2.20. The van der Waals surface area contributed by atoms with Gasteiger partial charge in [0.2, 0.25) is 5.91 Å². The maximum atomic E-state index is 13.2. The molecule has 152 valence electrons. The highest BCUT2D eigenvalue weighted by Gasteiger charge is 2.26. The van der Waals surface area contributed by atoms with Gasteiger partial charge in [0, 0.05) is 21.2 Å². The van der Waals surface area contributed by atoms with Crippen molar-refractivity contribution in [2.75, 3.05) is 16.0 Å². The smallest absolute Gasteiger partial charge is 0.255 e. The molecule has 0 radical (unpaired) electrons. The fourth-order valence-corrected chi connectivity index (χ4v) is 4.26. The number of rotatable bonds is 4. The van der Waals surface area contributed by atoms with E-state index in [4.69, 9.17) is 11.6 Å². The summed E-state index contributed by atoms with van der Waals surface area (Å²) >= 11 is 7.58. The molecule has 30 heavy (non-hydrogen) atoms. The van der Waals surface area contributed by atoms with Crippen LogP contribution in [0.25, 0.3) is 0 Å². The van der Waals surface area contributed by atoms with Gasteiger partial charge < -0.3 is 10.2 Å². The summed E-state index contributed by atoms with van der Waals surface area (Å²) < 4.78 is 13.2. The molecule has 0 spiro atoms. The lowest BCUT2D eigenvalue weighted by Crippen LogP contribution is -2.35. The predicted octanol–water partition coefficient (Wildman–Crippen LogP) is 5.68. The van der Waals surface area contributed by atoms with Crippen LogP contribution in [0.4, 0.5) is 15.8 Å². The molecule has 7 heteroatoms. The molecule has 0 fully saturated rings. The normalized spacial score (nSPS) is 13.2. The van der Waals surface area contributed by atoms with E-state index in [1.54, 1.807) is 41.3 Å². The minimum absolute atomic E-state index is 0.0558. The van der Waals surface area contributed by atoms with Gasteiger partial charge in [-0.2, -0.15) is 0 Å². The second kappa shape index (κ2) is 8.50. The Labute approximate surface area is 183 Å². The summed E-state index contributed by atoms with van der Waals surface area (Å²) in [5.74, 6) is -0.348. The molecule has 1 aliphatic heterocycles. The van der Waals surface area contributed by atoms with E-state index >= 15 is 0 Å². The van der Waals surface area contributed by atoms with Crippen molar-refractivity contribution in [3.63, 3.8) is 0 Å². The van der Waals surface area contributed by atoms with E-state index in [1.807, 2.05) is 19.1 Å². The van der Waals surface area contributed by atoms with Gasteiger partial charge in [0.25, 0.3) is 5.91 Å². The molecular formula is C23H18ClFN2O2S. The summed E-state index contributed by atoms with van der Waals surface area (Å²) in [6.07, 6.45) is 0. The average molecular weight is 441 g/mol. The third kappa shape index (κ3) is 4.35. The van der Waals surface area contributed by atoms with Crippen molar-refractivity contribution >= 4 is 46.6 Å². The van der Waals surface area contributed by atoms with Crippen molar-refractivity contribution in [2.24, 2.45) is 0 Å². The summed E-state index contributed by atoms with van der Waals surface area (Å²) in [7, 11) is 0. The number of aryl methyl sites for hydroxylation is 1. The van der Waals surface area contributed by atoms with Crippen LogP contribution in [0.5, 0.6) is 0 Å². The Balaban J connectivity index is 1.60. The number of carbonyl (C=O) groups excluding carboxylic acids is 2. The van der Waals surface area contributed by atoms with Crippen molar-refractivity contribution in [3.8, 4) is 0 Å². The van der Waals surface area contributed by atoms with Gasteiger partial charge >= 0.3 is 0 Å². The Morgan fingerprint density at radius 2 is 1.90 bits per heavy atom. The van der Waals surface area contributed by atoms with Gasteiger partial charge in [0.05, 0.1) is 18.0 Å². The van der Waals surface area contributed by atoms with Crippen molar-refractivity contribution in [3.05, 3.63) is 88.2 Å². The lowest BCUT2D eigenvalue weighted by atomic mass is 10.1. The number of nitrogens with one attached hydrogen (secondary N) is 1. The van der Waals surface area contributed by atoms with Crippen LogP contribution >= 0.6 is 23.4 Å². The number of thioether (sulfide) groups is 1. The summed E-state index contributed by atoms with van der Waals surface area (Å²) in [6, 6.07) is 16.7. The molecule has 0 atom stereocenters. The summed E-state index contributed by atoms with van der Waals surface area (Å²) in [4.78, 5) is 27.9. The minimum atomic E-state index is -0.324. The average Bonchev–Trinajstić information content (AvgIpc) is 2.74. The molecule has 1 aliphatic rings. The van der Waals surface area contributed by atoms with Crippen LogP contribution in [0.3, 0.4) is 0 Å². The van der Waals surface area contributed by atoms with Crippen molar-refractivity contribution in [1.29, 1.82) is 0 Å². The maximum absolute atomic E-state index is 13.2. The molecule has 4 rings (SSSR count). The topological polar surface area (TPSA) is 49.4 Å². The molecular weight excluding hydrogens is 423 g/mol. The third-order valence-corrected chi connectivity index (χ3v) is 6.30. The first-order valence-electron chi connectivity index (χ1n) is 9.30. The van der Waals surface area contributed by atoms with Crippen LogP contribution in [0, 0.1) is 12.7 Å². The zero-order chi connectivity index (χ0) is 21.3. The van der Waals surface area contributed by atoms with E-state index < -0.39 is 0 Å². The number of halogens is 2. The van der Waals surface area contributed by atoms with E-state index in [2.05, 4.69) is 5.32 Å². The number of carbonyl (C=O) groups is 2. The molecule has 0 bridgehead atoms. The monoisotopic (exact) mass is 440 g/mol. The molecule has 0 aromatic heterocycles. The fraction of sp³-hybridized carbons (Fsp3) is 0.130. The number of anilines is 2. The highest BCUT2D eigenvalue weighted by Crippen LogP contribution is 2.37. The zero-order valence-electron chi connectivity index (χ0n) is 16.1. The first kappa shape index (κ1) is 20.4. The Morgan fingerprint density at radius 1 is 1.13 bits per heavy atom. The highest BCUT2D eigenvalue weighted by atomic mass is 35.5. The van der Waals surface area contributed by atoms with Crippen LogP contribution in [0.1, 0.15) is 21.5 Å². The lowest BCUT2D eigenvalue weighted by molar-refractivity contribution is -0.116. The number of fused-ring (bicyclic) bond motifs is 1. The first-order chi connectivity index (χ1) is 14.4. The summed E-state index contributed by atoms with van der Waals surface area (Å²) in [5, 5.41) is 3.41. The SMILES string of the molecule is Cc1ccc(NC(=O)c2ccc3c(c2)N(Cc2ccc(F)cc2)C(=O)CS3)cc1Cl. The van der Waals surface area contributed by atoms with Crippen LogP contribution in [0.2, 0.25) is 5.02 Å². The molecule has 2 amide bonds. The lowest BCUT2D eigenvalue weighted by Gasteiger charge is -2.29. The van der Waals surface area contributed by atoms with Gasteiger partial charge in [0.15, 0.2) is 0 Å². The van der Waals surface area contributed by atoms with Crippen LogP contribution in [0.15, 0.2) is 65.6 Å². The molecule has 0 unspecified atom stereocenters. The summed E-state index contributed by atoms with van der Waals surface area (Å²) in [5.41, 5.74) is 3.45. The van der Waals surface area contributed by atoms with E-state index in [0.717, 1.165) is 16.0 Å². The molecule has 1 heterocycles. The predicted molar refractivity (Wildman–Crippen MR) is 119 cm³/mol. The molecule has 3 aromatic carbocycles. The molecule has 4 nitrogen and oxygen atoms in total. The number of hydrogen-bond acceptors (Lipinski definition) is 3. The zero-order valence-corrected chi connectivity index (χ0v) is 17.7. The molecule has 0 saturated carbocycles. The van der Waals surface area contributed by atoms with E-state index in [9.17, 15) is 14.0 Å². The standard InChI is InChI=1S/C23H18ClFN2O2S/c1-14-2-8-18(11-19(14)24)26-23(29)16-5-9-21-20(10-16)27(22(28)13-30-21)12-15-3-6-17(25)7-4-15/h2-11H,12-13H2,1H3,(H,26,29). The van der Waals surface area contributed by atoms with E-state index in [0.29, 0.717) is 34.3 Å². The Bertz CT molecular complexity index is 1130. The van der Waals surface area contributed by atoms with Crippen molar-refractivity contribution < 1.29 is 14.0 Å². The quantitative estimate of drug-likeness (QED) is 0.568. The van der Waals surface area contributed by atoms with Crippen molar-refractivity contribution in [1.82, 2.24) is 0 Å². The second-order valence-corrected chi connectivity index (χ2v) is 8.42.